The van der Waals surface area contributed by atoms with Gasteiger partial charge >= 0.3 is 6.03 Å². The first kappa shape index (κ1) is 14.3. The molecule has 2 rings (SSSR count). The Morgan fingerprint density at radius 2 is 2.05 bits per heavy atom. The fourth-order valence-corrected chi connectivity index (χ4v) is 1.82. The van der Waals surface area contributed by atoms with Gasteiger partial charge in [0.05, 0.1) is 6.61 Å². The third-order valence-electron chi connectivity index (χ3n) is 2.84. The van der Waals surface area contributed by atoms with Crippen molar-refractivity contribution in [2.45, 2.75) is 6.10 Å². The second kappa shape index (κ2) is 6.88. The normalized spacial score (nSPS) is 18.1. The van der Waals surface area contributed by atoms with Crippen LogP contribution in [0.1, 0.15) is 0 Å². The lowest BCUT2D eigenvalue weighted by Crippen LogP contribution is -2.45. The van der Waals surface area contributed by atoms with Crippen LogP contribution in [0.3, 0.4) is 0 Å². The highest BCUT2D eigenvalue weighted by molar-refractivity contribution is 5.95. The molecule has 0 radical (unpaired) electrons. The number of carbonyl (C=O) groups is 2. The number of anilines is 2. The summed E-state index contributed by atoms with van der Waals surface area (Å²) in [7, 11) is 1.54. The Hall–Kier alpha value is -2.12. The van der Waals surface area contributed by atoms with Gasteiger partial charge in [-0.25, -0.2) is 4.79 Å². The van der Waals surface area contributed by atoms with Crippen LogP contribution >= 0.6 is 0 Å². The summed E-state index contributed by atoms with van der Waals surface area (Å²) in [5, 5.41) is 11.0. The van der Waals surface area contributed by atoms with Gasteiger partial charge in [0.25, 0.3) is 5.91 Å². The largest absolute Gasteiger partial charge is 0.366 e. The third kappa shape index (κ3) is 3.94. The number of nitrogens with one attached hydrogen (secondary N) is 4. The van der Waals surface area contributed by atoms with E-state index in [9.17, 15) is 9.59 Å². The van der Waals surface area contributed by atoms with Crippen molar-refractivity contribution in [3.8, 4) is 0 Å². The molecule has 3 amide bonds. The van der Waals surface area contributed by atoms with Crippen molar-refractivity contribution < 1.29 is 14.3 Å². The van der Waals surface area contributed by atoms with Crippen molar-refractivity contribution in [1.29, 1.82) is 0 Å². The highest BCUT2D eigenvalue weighted by atomic mass is 16.5. The molecule has 20 heavy (non-hydrogen) atoms. The predicted molar refractivity (Wildman–Crippen MR) is 75.8 cm³/mol. The molecule has 1 unspecified atom stereocenters. The number of urea groups is 1. The SMILES string of the molecule is CNC(=O)Nc1cccc(NC(=O)C2CNCCO2)c1. The molecule has 1 fully saturated rings. The number of ether oxygens (including phenoxy) is 1. The minimum Gasteiger partial charge on any atom is -0.366 e. The van der Waals surface area contributed by atoms with Gasteiger partial charge in [0.2, 0.25) is 0 Å². The van der Waals surface area contributed by atoms with Crippen LogP contribution in [0, 0.1) is 0 Å². The molecule has 7 heteroatoms. The number of hydrogen-bond acceptors (Lipinski definition) is 4. The first-order valence-electron chi connectivity index (χ1n) is 6.41. The zero-order chi connectivity index (χ0) is 14.4. The van der Waals surface area contributed by atoms with Crippen LogP contribution in [-0.4, -0.2) is 44.8 Å². The lowest BCUT2D eigenvalue weighted by molar-refractivity contribution is -0.128. The van der Waals surface area contributed by atoms with E-state index in [-0.39, 0.29) is 11.9 Å². The summed E-state index contributed by atoms with van der Waals surface area (Å²) in [5.41, 5.74) is 1.21. The van der Waals surface area contributed by atoms with Crippen molar-refractivity contribution in [2.24, 2.45) is 0 Å². The van der Waals surface area contributed by atoms with E-state index in [1.807, 2.05) is 0 Å². The Balaban J connectivity index is 1.96. The van der Waals surface area contributed by atoms with Gasteiger partial charge in [0, 0.05) is 31.5 Å². The summed E-state index contributed by atoms with van der Waals surface area (Å²) >= 11 is 0. The average molecular weight is 278 g/mol. The summed E-state index contributed by atoms with van der Waals surface area (Å²) in [4.78, 5) is 23.2. The molecule has 1 heterocycles. The summed E-state index contributed by atoms with van der Waals surface area (Å²) in [5.74, 6) is -0.200. The maximum absolute atomic E-state index is 12.0. The van der Waals surface area contributed by atoms with Gasteiger partial charge in [-0.05, 0) is 18.2 Å². The van der Waals surface area contributed by atoms with Gasteiger partial charge in [-0.15, -0.1) is 0 Å². The fourth-order valence-electron chi connectivity index (χ4n) is 1.82. The molecule has 1 aromatic rings. The highest BCUT2D eigenvalue weighted by Gasteiger charge is 2.21. The van der Waals surface area contributed by atoms with Crippen LogP contribution in [0.2, 0.25) is 0 Å². The third-order valence-corrected chi connectivity index (χ3v) is 2.84. The maximum Gasteiger partial charge on any atom is 0.318 e. The molecule has 0 aliphatic carbocycles. The second-order valence-electron chi connectivity index (χ2n) is 4.34. The van der Waals surface area contributed by atoms with Crippen LogP contribution < -0.4 is 21.3 Å². The van der Waals surface area contributed by atoms with Crippen LogP contribution in [0.15, 0.2) is 24.3 Å². The first-order valence-corrected chi connectivity index (χ1v) is 6.41. The quantitative estimate of drug-likeness (QED) is 0.642. The highest BCUT2D eigenvalue weighted by Crippen LogP contribution is 2.15. The maximum atomic E-state index is 12.0. The van der Waals surface area contributed by atoms with E-state index in [1.54, 1.807) is 24.3 Å². The van der Waals surface area contributed by atoms with E-state index in [1.165, 1.54) is 7.05 Å². The molecule has 1 aliphatic heterocycles. The summed E-state index contributed by atoms with van der Waals surface area (Å²) < 4.78 is 5.37. The van der Waals surface area contributed by atoms with E-state index in [0.29, 0.717) is 24.5 Å². The molecule has 0 spiro atoms. The molecule has 0 aromatic heterocycles. The molecule has 0 saturated carbocycles. The minimum atomic E-state index is -0.487. The molecule has 1 aromatic carbocycles. The number of benzene rings is 1. The molecule has 0 bridgehead atoms. The number of morpholine rings is 1. The van der Waals surface area contributed by atoms with Crippen LogP contribution in [0.4, 0.5) is 16.2 Å². The molecule has 108 valence electrons. The predicted octanol–water partition coefficient (Wildman–Crippen LogP) is 0.365. The van der Waals surface area contributed by atoms with Gasteiger partial charge in [-0.1, -0.05) is 6.07 Å². The molecule has 4 N–H and O–H groups in total. The molecular weight excluding hydrogens is 260 g/mol. The Morgan fingerprint density at radius 1 is 1.30 bits per heavy atom. The number of amides is 3. The number of hydrogen-bond donors (Lipinski definition) is 4. The van der Waals surface area contributed by atoms with Crippen molar-refractivity contribution in [3.05, 3.63) is 24.3 Å². The first-order chi connectivity index (χ1) is 9.69. The Morgan fingerprint density at radius 3 is 2.70 bits per heavy atom. The summed E-state index contributed by atoms with van der Waals surface area (Å²) in [6.07, 6.45) is -0.487. The van der Waals surface area contributed by atoms with Gasteiger partial charge in [0.15, 0.2) is 0 Å². The number of rotatable bonds is 3. The van der Waals surface area contributed by atoms with Gasteiger partial charge in [0.1, 0.15) is 6.10 Å². The lowest BCUT2D eigenvalue weighted by atomic mass is 10.2. The monoisotopic (exact) mass is 278 g/mol. The Kier molecular flexibility index (Phi) is 4.91. The number of carbonyl (C=O) groups excluding carboxylic acids is 2. The summed E-state index contributed by atoms with van der Waals surface area (Å²) in [6, 6.07) is 6.62. The van der Waals surface area contributed by atoms with Crippen molar-refractivity contribution in [2.75, 3.05) is 37.4 Å². The van der Waals surface area contributed by atoms with Gasteiger partial charge in [-0.2, -0.15) is 0 Å². The molecule has 1 atom stereocenters. The van der Waals surface area contributed by atoms with E-state index in [4.69, 9.17) is 4.74 Å². The van der Waals surface area contributed by atoms with Crippen LogP contribution in [0.25, 0.3) is 0 Å². The molecular formula is C13H18N4O3. The van der Waals surface area contributed by atoms with E-state index >= 15 is 0 Å². The fraction of sp³-hybridized carbons (Fsp3) is 0.385. The minimum absolute atomic E-state index is 0.200. The van der Waals surface area contributed by atoms with Gasteiger partial charge in [-0.3, -0.25) is 4.79 Å². The zero-order valence-electron chi connectivity index (χ0n) is 11.2. The molecule has 1 saturated heterocycles. The van der Waals surface area contributed by atoms with Crippen molar-refractivity contribution >= 4 is 23.3 Å². The van der Waals surface area contributed by atoms with Crippen molar-refractivity contribution in [1.82, 2.24) is 10.6 Å². The zero-order valence-corrected chi connectivity index (χ0v) is 11.2. The second-order valence-corrected chi connectivity index (χ2v) is 4.34. The van der Waals surface area contributed by atoms with Crippen molar-refractivity contribution in [3.63, 3.8) is 0 Å². The molecule has 1 aliphatic rings. The van der Waals surface area contributed by atoms with E-state index < -0.39 is 6.10 Å². The standard InChI is InChI=1S/C13H18N4O3/c1-14-13(19)17-10-4-2-3-9(7-10)16-12(18)11-8-15-5-6-20-11/h2-4,7,11,15H,5-6,8H2,1H3,(H,16,18)(H2,14,17,19). The topological polar surface area (TPSA) is 91.5 Å². The smallest absolute Gasteiger partial charge is 0.318 e. The molecule has 7 nitrogen and oxygen atoms in total. The summed E-state index contributed by atoms with van der Waals surface area (Å²) in [6.45, 7) is 1.79. The van der Waals surface area contributed by atoms with E-state index in [0.717, 1.165) is 6.54 Å². The van der Waals surface area contributed by atoms with Crippen LogP contribution in [0.5, 0.6) is 0 Å². The van der Waals surface area contributed by atoms with E-state index in [2.05, 4.69) is 21.3 Å². The van der Waals surface area contributed by atoms with Gasteiger partial charge < -0.3 is 26.0 Å². The Bertz CT molecular complexity index is 486. The van der Waals surface area contributed by atoms with Crippen LogP contribution in [-0.2, 0) is 9.53 Å². The Labute approximate surface area is 117 Å². The lowest BCUT2D eigenvalue weighted by Gasteiger charge is -2.22. The average Bonchev–Trinajstić information content (AvgIpc) is 2.48.